The molecule has 82 valence electrons. The summed E-state index contributed by atoms with van der Waals surface area (Å²) < 4.78 is 5.19. The average Bonchev–Trinajstić information content (AvgIpc) is 2.17. The maximum Gasteiger partial charge on any atom is 0.254 e. The Labute approximate surface area is 86.2 Å². The Morgan fingerprint density at radius 3 is 2.93 bits per heavy atom. The van der Waals surface area contributed by atoms with Crippen molar-refractivity contribution in [1.82, 2.24) is 15.0 Å². The Hall–Kier alpha value is -1.60. The lowest BCUT2D eigenvalue weighted by atomic mass is 10.5. The highest BCUT2D eigenvalue weighted by Crippen LogP contribution is 2.03. The van der Waals surface area contributed by atoms with E-state index in [1.807, 2.05) is 5.01 Å². The summed E-state index contributed by atoms with van der Waals surface area (Å²) in [5.41, 5.74) is 8.15. The smallest absolute Gasteiger partial charge is 0.254 e. The van der Waals surface area contributed by atoms with E-state index in [0.717, 1.165) is 13.1 Å². The van der Waals surface area contributed by atoms with Gasteiger partial charge in [-0.15, -0.1) is 0 Å². The van der Waals surface area contributed by atoms with Crippen LogP contribution < -0.4 is 16.7 Å². The lowest BCUT2D eigenvalue weighted by Gasteiger charge is -2.27. The fourth-order valence-electron chi connectivity index (χ4n) is 1.37. The van der Waals surface area contributed by atoms with Crippen LogP contribution in [-0.4, -0.2) is 41.3 Å². The molecule has 1 aromatic rings. The van der Waals surface area contributed by atoms with Gasteiger partial charge < -0.3 is 15.9 Å². The maximum absolute atomic E-state index is 11.1. The summed E-state index contributed by atoms with van der Waals surface area (Å²) in [7, 11) is 0. The first-order valence-corrected chi connectivity index (χ1v) is 4.70. The molecule has 0 spiro atoms. The van der Waals surface area contributed by atoms with Crippen LogP contribution in [0.2, 0.25) is 0 Å². The number of hydrazine groups is 1. The van der Waals surface area contributed by atoms with Gasteiger partial charge in [-0.05, 0) is 0 Å². The zero-order valence-electron chi connectivity index (χ0n) is 8.19. The number of nitrogens with one attached hydrogen (secondary N) is 2. The fourth-order valence-corrected chi connectivity index (χ4v) is 1.37. The van der Waals surface area contributed by atoms with Gasteiger partial charge in [-0.1, -0.05) is 0 Å². The van der Waals surface area contributed by atoms with Crippen LogP contribution in [-0.2, 0) is 4.74 Å². The van der Waals surface area contributed by atoms with Crippen molar-refractivity contribution in [2.45, 2.75) is 0 Å². The lowest BCUT2D eigenvalue weighted by molar-refractivity contribution is 0.0495. The largest absolute Gasteiger partial charge is 0.379 e. The van der Waals surface area contributed by atoms with Crippen molar-refractivity contribution >= 4 is 11.8 Å². The predicted octanol–water partition coefficient (Wildman–Crippen LogP) is -0.989. The summed E-state index contributed by atoms with van der Waals surface area (Å²) in [4.78, 5) is 17.4. The Kier molecular flexibility index (Phi) is 2.84. The second-order valence-electron chi connectivity index (χ2n) is 3.23. The molecule has 2 rings (SSSR count). The standard InChI is InChI=1S/C8H13N5O2/c9-8-10-6(5-7(14)11-8)12-13-1-3-15-4-2-13/h5H,1-4H2,(H4,9,10,11,12,14). The number of aromatic nitrogens is 2. The summed E-state index contributed by atoms with van der Waals surface area (Å²) in [6.45, 7) is 2.86. The van der Waals surface area contributed by atoms with Crippen molar-refractivity contribution in [1.29, 1.82) is 0 Å². The summed E-state index contributed by atoms with van der Waals surface area (Å²) in [6, 6.07) is 1.37. The van der Waals surface area contributed by atoms with Gasteiger partial charge in [-0.3, -0.25) is 9.78 Å². The number of H-pyrrole nitrogens is 1. The van der Waals surface area contributed by atoms with E-state index in [1.54, 1.807) is 0 Å². The van der Waals surface area contributed by atoms with Crippen molar-refractivity contribution in [2.24, 2.45) is 0 Å². The van der Waals surface area contributed by atoms with Crippen LogP contribution in [0, 0.1) is 0 Å². The molecule has 2 heterocycles. The molecule has 0 aliphatic carbocycles. The molecule has 1 aliphatic rings. The molecular formula is C8H13N5O2. The first-order valence-electron chi connectivity index (χ1n) is 4.70. The average molecular weight is 211 g/mol. The van der Waals surface area contributed by atoms with Crippen LogP contribution >= 0.6 is 0 Å². The third-order valence-electron chi connectivity index (χ3n) is 2.04. The number of anilines is 2. The van der Waals surface area contributed by atoms with Gasteiger partial charge >= 0.3 is 0 Å². The minimum absolute atomic E-state index is 0.109. The topological polar surface area (TPSA) is 96.3 Å². The van der Waals surface area contributed by atoms with Gasteiger partial charge in [0.2, 0.25) is 5.95 Å². The summed E-state index contributed by atoms with van der Waals surface area (Å²) in [5.74, 6) is 0.566. The minimum atomic E-state index is -0.266. The predicted molar refractivity (Wildman–Crippen MR) is 55.3 cm³/mol. The van der Waals surface area contributed by atoms with E-state index >= 15 is 0 Å². The number of hydrogen-bond acceptors (Lipinski definition) is 6. The molecule has 15 heavy (non-hydrogen) atoms. The Morgan fingerprint density at radius 2 is 2.27 bits per heavy atom. The Morgan fingerprint density at radius 1 is 1.53 bits per heavy atom. The van der Waals surface area contributed by atoms with E-state index in [2.05, 4.69) is 15.4 Å². The second-order valence-corrected chi connectivity index (χ2v) is 3.23. The molecule has 0 aromatic carbocycles. The number of nitrogens with zero attached hydrogens (tertiary/aromatic N) is 2. The number of nitrogen functional groups attached to an aromatic ring is 1. The Bertz CT molecular complexity index is 385. The van der Waals surface area contributed by atoms with Crippen molar-refractivity contribution in [3.8, 4) is 0 Å². The SMILES string of the molecule is Nc1nc(NN2CCOCC2)cc(=O)[nH]1. The van der Waals surface area contributed by atoms with Crippen molar-refractivity contribution in [2.75, 3.05) is 37.5 Å². The number of hydrogen-bond donors (Lipinski definition) is 3. The minimum Gasteiger partial charge on any atom is -0.379 e. The van der Waals surface area contributed by atoms with Crippen LogP contribution in [0.25, 0.3) is 0 Å². The van der Waals surface area contributed by atoms with Gasteiger partial charge in [0.1, 0.15) is 5.82 Å². The number of aromatic amines is 1. The van der Waals surface area contributed by atoms with Gasteiger partial charge in [0.25, 0.3) is 5.56 Å². The molecule has 7 nitrogen and oxygen atoms in total. The summed E-state index contributed by atoms with van der Waals surface area (Å²) >= 11 is 0. The molecule has 4 N–H and O–H groups in total. The van der Waals surface area contributed by atoms with E-state index < -0.39 is 0 Å². The monoisotopic (exact) mass is 211 g/mol. The highest BCUT2D eigenvalue weighted by atomic mass is 16.5. The number of morpholine rings is 1. The van der Waals surface area contributed by atoms with E-state index in [0.29, 0.717) is 19.0 Å². The van der Waals surface area contributed by atoms with Crippen LogP contribution in [0.4, 0.5) is 11.8 Å². The molecule has 0 radical (unpaired) electrons. The van der Waals surface area contributed by atoms with Crippen molar-refractivity contribution in [3.63, 3.8) is 0 Å². The molecular weight excluding hydrogens is 198 g/mol. The molecule has 0 bridgehead atoms. The molecule has 1 fully saturated rings. The molecule has 0 unspecified atom stereocenters. The van der Waals surface area contributed by atoms with Gasteiger partial charge in [-0.25, -0.2) is 5.01 Å². The molecule has 0 amide bonds. The third kappa shape index (κ3) is 2.67. The molecule has 1 aliphatic heterocycles. The summed E-state index contributed by atoms with van der Waals surface area (Å²) in [6.07, 6.45) is 0. The van der Waals surface area contributed by atoms with E-state index in [-0.39, 0.29) is 11.5 Å². The van der Waals surface area contributed by atoms with Crippen LogP contribution in [0.5, 0.6) is 0 Å². The Balaban J connectivity index is 2.06. The summed E-state index contributed by atoms with van der Waals surface area (Å²) in [5, 5.41) is 1.94. The molecule has 0 atom stereocenters. The van der Waals surface area contributed by atoms with Gasteiger partial charge in [0.15, 0.2) is 0 Å². The highest BCUT2D eigenvalue weighted by Gasteiger charge is 2.10. The third-order valence-corrected chi connectivity index (χ3v) is 2.04. The van der Waals surface area contributed by atoms with Gasteiger partial charge in [0.05, 0.1) is 13.2 Å². The van der Waals surface area contributed by atoms with Gasteiger partial charge in [0, 0.05) is 19.2 Å². The number of rotatable bonds is 2. The van der Waals surface area contributed by atoms with Crippen LogP contribution in [0.1, 0.15) is 0 Å². The number of ether oxygens (including phenoxy) is 1. The maximum atomic E-state index is 11.1. The second kappa shape index (κ2) is 4.28. The van der Waals surface area contributed by atoms with Gasteiger partial charge in [-0.2, -0.15) is 4.98 Å². The molecule has 1 saturated heterocycles. The lowest BCUT2D eigenvalue weighted by Crippen LogP contribution is -2.40. The quantitative estimate of drug-likeness (QED) is 0.581. The fraction of sp³-hybridized carbons (Fsp3) is 0.500. The van der Waals surface area contributed by atoms with Crippen molar-refractivity contribution in [3.05, 3.63) is 16.4 Å². The van der Waals surface area contributed by atoms with Crippen LogP contribution in [0.3, 0.4) is 0 Å². The first kappa shape index (κ1) is 9.94. The normalized spacial score (nSPS) is 17.6. The molecule has 1 aromatic heterocycles. The van der Waals surface area contributed by atoms with E-state index in [4.69, 9.17) is 10.5 Å². The van der Waals surface area contributed by atoms with Crippen molar-refractivity contribution < 1.29 is 4.74 Å². The van der Waals surface area contributed by atoms with E-state index in [1.165, 1.54) is 6.07 Å². The molecule has 0 saturated carbocycles. The zero-order valence-corrected chi connectivity index (χ0v) is 8.19. The zero-order chi connectivity index (χ0) is 10.7. The van der Waals surface area contributed by atoms with E-state index in [9.17, 15) is 4.79 Å². The molecule has 7 heteroatoms. The highest BCUT2D eigenvalue weighted by molar-refractivity contribution is 5.36. The number of nitrogens with two attached hydrogens (primary N) is 1. The first-order chi connectivity index (χ1) is 7.24. The van der Waals surface area contributed by atoms with Crippen LogP contribution in [0.15, 0.2) is 10.9 Å².